The Kier molecular flexibility index (Phi) is 4.40. The summed E-state index contributed by atoms with van der Waals surface area (Å²) in [6.45, 7) is 5.11. The van der Waals surface area contributed by atoms with Gasteiger partial charge in [-0.1, -0.05) is 13.8 Å². The Bertz CT molecular complexity index is 93.1. The van der Waals surface area contributed by atoms with Crippen molar-refractivity contribution in [3.05, 3.63) is 0 Å². The molecule has 0 heterocycles. The Morgan fingerprint density at radius 3 is 2.56 bits per heavy atom. The molecule has 0 saturated heterocycles. The fraction of sp³-hybridized carbons (Fsp3) is 0.833. The van der Waals surface area contributed by atoms with E-state index in [0.717, 1.165) is 6.54 Å². The van der Waals surface area contributed by atoms with Crippen LogP contribution in [-0.4, -0.2) is 18.8 Å². The lowest BCUT2D eigenvalue weighted by molar-refractivity contribution is 0.388. The number of rotatable bonds is 2. The van der Waals surface area contributed by atoms with Crippen molar-refractivity contribution in [2.45, 2.75) is 13.8 Å². The summed E-state index contributed by atoms with van der Waals surface area (Å²) < 4.78 is 4.72. The van der Waals surface area contributed by atoms with E-state index in [1.54, 1.807) is 7.11 Å². The van der Waals surface area contributed by atoms with Crippen molar-refractivity contribution in [1.82, 2.24) is 5.32 Å². The molecule has 0 aromatic rings. The zero-order valence-corrected chi connectivity index (χ0v) is 6.92. The van der Waals surface area contributed by atoms with Gasteiger partial charge in [0.15, 0.2) is 0 Å². The molecule has 0 amide bonds. The minimum atomic E-state index is 0.476. The van der Waals surface area contributed by atoms with E-state index >= 15 is 0 Å². The fourth-order valence-corrected chi connectivity index (χ4v) is 0.443. The Balaban J connectivity index is 3.17. The maximum absolute atomic E-state index is 4.74. The molecule has 0 aliphatic carbocycles. The van der Waals surface area contributed by atoms with Gasteiger partial charge in [-0.05, 0) is 18.1 Å². The van der Waals surface area contributed by atoms with Gasteiger partial charge in [-0.3, -0.25) is 0 Å². The highest BCUT2D eigenvalue weighted by atomic mass is 32.1. The first-order valence-corrected chi connectivity index (χ1v) is 3.39. The average Bonchev–Trinajstić information content (AvgIpc) is 1.83. The normalized spacial score (nSPS) is 9.33. The van der Waals surface area contributed by atoms with Crippen LogP contribution in [0.1, 0.15) is 13.8 Å². The van der Waals surface area contributed by atoms with Gasteiger partial charge in [-0.25, -0.2) is 0 Å². The molecule has 0 atom stereocenters. The third-order valence-corrected chi connectivity index (χ3v) is 1.15. The number of thiocarbonyl (C=S) groups is 1. The van der Waals surface area contributed by atoms with Gasteiger partial charge in [0.2, 0.25) is 0 Å². The van der Waals surface area contributed by atoms with Gasteiger partial charge in [0.1, 0.15) is 0 Å². The Labute approximate surface area is 61.6 Å². The van der Waals surface area contributed by atoms with Crippen molar-refractivity contribution >= 4 is 17.4 Å². The number of methoxy groups -OCH3 is 1. The van der Waals surface area contributed by atoms with Crippen LogP contribution >= 0.6 is 12.2 Å². The third kappa shape index (κ3) is 5.56. The van der Waals surface area contributed by atoms with Crippen LogP contribution in [0.25, 0.3) is 0 Å². The number of hydrogen-bond donors (Lipinski definition) is 1. The molecule has 0 radical (unpaired) electrons. The molecule has 0 spiro atoms. The molecule has 2 nitrogen and oxygen atoms in total. The standard InChI is InChI=1S/C6H13NOS/c1-5(2)4-7-6(9)8-3/h5H,4H2,1-3H3,(H,7,9). The van der Waals surface area contributed by atoms with Crippen molar-refractivity contribution in [3.63, 3.8) is 0 Å². The van der Waals surface area contributed by atoms with E-state index in [1.807, 2.05) is 0 Å². The second kappa shape index (κ2) is 4.56. The lowest BCUT2D eigenvalue weighted by atomic mass is 10.2. The van der Waals surface area contributed by atoms with Gasteiger partial charge >= 0.3 is 0 Å². The predicted molar refractivity (Wildman–Crippen MR) is 42.4 cm³/mol. The molecule has 0 aliphatic heterocycles. The summed E-state index contributed by atoms with van der Waals surface area (Å²) in [5.74, 6) is 0.609. The van der Waals surface area contributed by atoms with Crippen molar-refractivity contribution in [1.29, 1.82) is 0 Å². The van der Waals surface area contributed by atoms with E-state index < -0.39 is 0 Å². The zero-order valence-electron chi connectivity index (χ0n) is 6.10. The van der Waals surface area contributed by atoms with Crippen LogP contribution in [0.4, 0.5) is 0 Å². The molecule has 0 unspecified atom stereocenters. The monoisotopic (exact) mass is 147 g/mol. The smallest absolute Gasteiger partial charge is 0.256 e. The first-order chi connectivity index (χ1) is 4.16. The lowest BCUT2D eigenvalue weighted by Crippen LogP contribution is -2.26. The molecule has 1 N–H and O–H groups in total. The van der Waals surface area contributed by atoms with E-state index in [0.29, 0.717) is 11.1 Å². The molecular weight excluding hydrogens is 134 g/mol. The minimum absolute atomic E-state index is 0.476. The third-order valence-electron chi connectivity index (χ3n) is 0.840. The molecule has 54 valence electrons. The van der Waals surface area contributed by atoms with E-state index in [-0.39, 0.29) is 0 Å². The van der Waals surface area contributed by atoms with Gasteiger partial charge in [0.25, 0.3) is 5.17 Å². The predicted octanol–water partition coefficient (Wildman–Crippen LogP) is 1.16. The van der Waals surface area contributed by atoms with Crippen molar-refractivity contribution in [2.75, 3.05) is 13.7 Å². The average molecular weight is 147 g/mol. The number of nitrogens with one attached hydrogen (secondary N) is 1. The van der Waals surface area contributed by atoms with E-state index in [4.69, 9.17) is 17.0 Å². The van der Waals surface area contributed by atoms with Crippen LogP contribution < -0.4 is 5.32 Å². The summed E-state index contributed by atoms with van der Waals surface area (Å²) in [6, 6.07) is 0. The molecule has 0 aromatic carbocycles. The molecule has 0 aromatic heterocycles. The summed E-state index contributed by atoms with van der Waals surface area (Å²) in [5, 5.41) is 3.42. The summed E-state index contributed by atoms with van der Waals surface area (Å²) in [6.07, 6.45) is 0. The maximum atomic E-state index is 4.74. The molecule has 3 heteroatoms. The van der Waals surface area contributed by atoms with Gasteiger partial charge in [0.05, 0.1) is 7.11 Å². The highest BCUT2D eigenvalue weighted by Gasteiger charge is 1.94. The largest absolute Gasteiger partial charge is 0.474 e. The van der Waals surface area contributed by atoms with Crippen LogP contribution in [-0.2, 0) is 4.74 Å². The minimum Gasteiger partial charge on any atom is -0.474 e. The summed E-state index contributed by atoms with van der Waals surface area (Å²) >= 11 is 4.74. The number of hydrogen-bond acceptors (Lipinski definition) is 2. The van der Waals surface area contributed by atoms with Gasteiger partial charge in [-0.15, -0.1) is 0 Å². The van der Waals surface area contributed by atoms with E-state index in [2.05, 4.69) is 19.2 Å². The molecule has 0 fully saturated rings. The van der Waals surface area contributed by atoms with Crippen molar-refractivity contribution in [2.24, 2.45) is 5.92 Å². The Morgan fingerprint density at radius 1 is 1.67 bits per heavy atom. The molecule has 0 rings (SSSR count). The summed E-state index contributed by atoms with van der Waals surface area (Å²) in [5.41, 5.74) is 0. The topological polar surface area (TPSA) is 21.3 Å². The van der Waals surface area contributed by atoms with Gasteiger partial charge in [0, 0.05) is 6.54 Å². The Morgan fingerprint density at radius 2 is 2.22 bits per heavy atom. The SMILES string of the molecule is COC(=S)NCC(C)C. The fourth-order valence-electron chi connectivity index (χ4n) is 0.360. The zero-order chi connectivity index (χ0) is 7.28. The van der Waals surface area contributed by atoms with Gasteiger partial charge < -0.3 is 10.1 Å². The van der Waals surface area contributed by atoms with Crippen LogP contribution in [0.15, 0.2) is 0 Å². The second-order valence-corrected chi connectivity index (χ2v) is 2.64. The first-order valence-electron chi connectivity index (χ1n) is 2.98. The molecule has 0 bridgehead atoms. The summed E-state index contributed by atoms with van der Waals surface area (Å²) in [4.78, 5) is 0. The molecule has 9 heavy (non-hydrogen) atoms. The maximum Gasteiger partial charge on any atom is 0.256 e. The van der Waals surface area contributed by atoms with Crippen LogP contribution in [0.5, 0.6) is 0 Å². The van der Waals surface area contributed by atoms with Crippen LogP contribution in [0.2, 0.25) is 0 Å². The number of ether oxygens (including phenoxy) is 1. The van der Waals surface area contributed by atoms with Crippen LogP contribution in [0, 0.1) is 5.92 Å². The van der Waals surface area contributed by atoms with E-state index in [9.17, 15) is 0 Å². The summed E-state index contributed by atoms with van der Waals surface area (Å²) in [7, 11) is 1.57. The molecule has 0 saturated carbocycles. The van der Waals surface area contributed by atoms with Crippen molar-refractivity contribution in [3.8, 4) is 0 Å². The first kappa shape index (κ1) is 8.69. The second-order valence-electron chi connectivity index (χ2n) is 2.27. The highest BCUT2D eigenvalue weighted by molar-refractivity contribution is 7.80. The van der Waals surface area contributed by atoms with Gasteiger partial charge in [-0.2, -0.15) is 0 Å². The molecular formula is C6H13NOS. The quantitative estimate of drug-likeness (QED) is 0.592. The van der Waals surface area contributed by atoms with Crippen LogP contribution in [0.3, 0.4) is 0 Å². The lowest BCUT2D eigenvalue weighted by Gasteiger charge is -2.07. The van der Waals surface area contributed by atoms with E-state index in [1.165, 1.54) is 0 Å². The van der Waals surface area contributed by atoms with Crippen molar-refractivity contribution < 1.29 is 4.74 Å². The Hall–Kier alpha value is -0.310. The highest BCUT2D eigenvalue weighted by Crippen LogP contribution is 1.86. The molecule has 0 aliphatic rings.